The Bertz CT molecular complexity index is 776. The lowest BCUT2D eigenvalue weighted by atomic mass is 10.2. The van der Waals surface area contributed by atoms with Gasteiger partial charge in [-0.2, -0.15) is 0 Å². The van der Waals surface area contributed by atoms with Gasteiger partial charge < -0.3 is 15.5 Å². The molecular weight excluding hydrogens is 404 g/mol. The molecule has 0 unspecified atom stereocenters. The number of thiazole rings is 1. The molecule has 0 atom stereocenters. The lowest BCUT2D eigenvalue weighted by Crippen LogP contribution is -2.46. The van der Waals surface area contributed by atoms with Crippen molar-refractivity contribution in [3.05, 3.63) is 45.9 Å². The number of unbranched alkanes of at least 4 members (excludes halogenated alkanes) is 1. The standard InChI is InChI=1S/C24H38N6S/c1-4-25-24(27-14-12-23-28-20(2)21(3)31-23)26-13-8-9-15-29-16-18-30(19-17-29)22-10-6-5-7-11-22/h5-7,10-11H,4,8-9,12-19H2,1-3H3,(H2,25,26,27). The molecule has 3 rings (SSSR count). The summed E-state index contributed by atoms with van der Waals surface area (Å²) >= 11 is 1.80. The number of nitrogens with one attached hydrogen (secondary N) is 2. The van der Waals surface area contributed by atoms with Crippen molar-refractivity contribution in [2.45, 2.75) is 40.0 Å². The Balaban J connectivity index is 1.30. The maximum absolute atomic E-state index is 4.75. The molecular formula is C24H38N6S. The Morgan fingerprint density at radius 2 is 1.84 bits per heavy atom. The number of anilines is 1. The molecule has 6 nitrogen and oxygen atoms in total. The van der Waals surface area contributed by atoms with E-state index in [1.807, 2.05) is 0 Å². The van der Waals surface area contributed by atoms with E-state index in [2.05, 4.69) is 76.5 Å². The van der Waals surface area contributed by atoms with Gasteiger partial charge in [0.15, 0.2) is 5.96 Å². The van der Waals surface area contributed by atoms with E-state index in [9.17, 15) is 0 Å². The van der Waals surface area contributed by atoms with E-state index in [1.165, 1.54) is 28.5 Å². The van der Waals surface area contributed by atoms with Crippen molar-refractivity contribution >= 4 is 23.0 Å². The molecule has 1 saturated heterocycles. The number of hydrogen-bond acceptors (Lipinski definition) is 5. The van der Waals surface area contributed by atoms with Gasteiger partial charge in [0.1, 0.15) is 0 Å². The van der Waals surface area contributed by atoms with E-state index in [-0.39, 0.29) is 0 Å². The van der Waals surface area contributed by atoms with Crippen LogP contribution < -0.4 is 15.5 Å². The van der Waals surface area contributed by atoms with Crippen LogP contribution in [0.25, 0.3) is 0 Å². The fraction of sp³-hybridized carbons (Fsp3) is 0.583. The van der Waals surface area contributed by atoms with Crippen LogP contribution in [0, 0.1) is 13.8 Å². The molecule has 1 aromatic carbocycles. The highest BCUT2D eigenvalue weighted by molar-refractivity contribution is 7.11. The van der Waals surface area contributed by atoms with Crippen LogP contribution in [0.5, 0.6) is 0 Å². The Labute approximate surface area is 191 Å². The predicted molar refractivity (Wildman–Crippen MR) is 134 cm³/mol. The average molecular weight is 443 g/mol. The topological polar surface area (TPSA) is 55.8 Å². The average Bonchev–Trinajstić information content (AvgIpc) is 3.11. The van der Waals surface area contributed by atoms with E-state index < -0.39 is 0 Å². The number of benzene rings is 1. The highest BCUT2D eigenvalue weighted by Gasteiger charge is 2.16. The Kier molecular flexibility index (Phi) is 9.62. The van der Waals surface area contributed by atoms with Gasteiger partial charge in [0.05, 0.1) is 10.7 Å². The molecule has 2 N–H and O–H groups in total. The molecule has 1 aliphatic heterocycles. The quantitative estimate of drug-likeness (QED) is 0.335. The molecule has 2 aromatic rings. The largest absolute Gasteiger partial charge is 0.369 e. The zero-order valence-electron chi connectivity index (χ0n) is 19.4. The van der Waals surface area contributed by atoms with Crippen molar-refractivity contribution in [3.8, 4) is 0 Å². The van der Waals surface area contributed by atoms with Gasteiger partial charge in [0, 0.05) is 62.8 Å². The summed E-state index contributed by atoms with van der Waals surface area (Å²) < 4.78 is 0. The minimum absolute atomic E-state index is 0.865. The Morgan fingerprint density at radius 1 is 1.06 bits per heavy atom. The first-order chi connectivity index (χ1) is 15.2. The number of guanidine groups is 1. The molecule has 0 radical (unpaired) electrons. The Morgan fingerprint density at radius 3 is 2.52 bits per heavy atom. The van der Waals surface area contributed by atoms with Crippen LogP contribution in [0.2, 0.25) is 0 Å². The van der Waals surface area contributed by atoms with E-state index in [1.54, 1.807) is 11.3 Å². The summed E-state index contributed by atoms with van der Waals surface area (Å²) in [6.07, 6.45) is 3.27. The van der Waals surface area contributed by atoms with E-state index in [4.69, 9.17) is 4.99 Å². The monoisotopic (exact) mass is 442 g/mol. The van der Waals surface area contributed by atoms with Gasteiger partial charge >= 0.3 is 0 Å². The van der Waals surface area contributed by atoms with Crippen LogP contribution >= 0.6 is 11.3 Å². The molecule has 1 aromatic heterocycles. The van der Waals surface area contributed by atoms with Crippen LogP contribution in [-0.2, 0) is 6.42 Å². The molecule has 7 heteroatoms. The molecule has 31 heavy (non-hydrogen) atoms. The molecule has 0 amide bonds. The first-order valence-corrected chi connectivity index (χ1v) is 12.4. The number of aromatic nitrogens is 1. The summed E-state index contributed by atoms with van der Waals surface area (Å²) in [6, 6.07) is 10.8. The van der Waals surface area contributed by atoms with Crippen molar-refractivity contribution in [1.29, 1.82) is 0 Å². The van der Waals surface area contributed by atoms with Crippen molar-refractivity contribution < 1.29 is 0 Å². The second-order valence-corrected chi connectivity index (χ2v) is 9.35. The fourth-order valence-corrected chi connectivity index (χ4v) is 4.72. The Hall–Kier alpha value is -2.12. The number of nitrogens with zero attached hydrogens (tertiary/aromatic N) is 4. The van der Waals surface area contributed by atoms with Crippen LogP contribution in [0.3, 0.4) is 0 Å². The van der Waals surface area contributed by atoms with Crippen molar-refractivity contribution in [2.24, 2.45) is 4.99 Å². The molecule has 1 fully saturated rings. The van der Waals surface area contributed by atoms with Gasteiger partial charge in [-0.05, 0) is 52.3 Å². The second kappa shape index (κ2) is 12.7. The van der Waals surface area contributed by atoms with E-state index >= 15 is 0 Å². The molecule has 0 aliphatic carbocycles. The van der Waals surface area contributed by atoms with Crippen molar-refractivity contribution in [1.82, 2.24) is 20.5 Å². The second-order valence-electron chi connectivity index (χ2n) is 8.06. The number of piperazine rings is 1. The molecule has 170 valence electrons. The normalized spacial score (nSPS) is 15.3. The van der Waals surface area contributed by atoms with Gasteiger partial charge in [-0.15, -0.1) is 11.3 Å². The molecule has 0 spiro atoms. The number of aryl methyl sites for hydroxylation is 2. The fourth-order valence-electron chi connectivity index (χ4n) is 3.78. The number of para-hydroxylation sites is 1. The van der Waals surface area contributed by atoms with Gasteiger partial charge in [-0.3, -0.25) is 9.89 Å². The third-order valence-corrected chi connectivity index (χ3v) is 6.83. The summed E-state index contributed by atoms with van der Waals surface area (Å²) in [5.41, 5.74) is 2.50. The lowest BCUT2D eigenvalue weighted by Gasteiger charge is -2.36. The predicted octanol–water partition coefficient (Wildman–Crippen LogP) is 3.46. The summed E-state index contributed by atoms with van der Waals surface area (Å²) in [6.45, 7) is 14.7. The smallest absolute Gasteiger partial charge is 0.191 e. The molecule has 1 aliphatic rings. The summed E-state index contributed by atoms with van der Waals surface area (Å²) in [7, 11) is 0. The maximum Gasteiger partial charge on any atom is 0.191 e. The van der Waals surface area contributed by atoms with Crippen LogP contribution in [0.1, 0.15) is 35.3 Å². The molecule has 0 bridgehead atoms. The highest BCUT2D eigenvalue weighted by Crippen LogP contribution is 2.17. The van der Waals surface area contributed by atoms with Crippen LogP contribution in [-0.4, -0.2) is 68.2 Å². The zero-order chi connectivity index (χ0) is 21.9. The van der Waals surface area contributed by atoms with E-state index in [0.29, 0.717) is 0 Å². The van der Waals surface area contributed by atoms with Gasteiger partial charge in [0.2, 0.25) is 0 Å². The molecule has 0 saturated carbocycles. The zero-order valence-corrected chi connectivity index (χ0v) is 20.2. The van der Waals surface area contributed by atoms with Gasteiger partial charge in [-0.25, -0.2) is 4.98 Å². The number of aliphatic imine (C=N–C) groups is 1. The summed E-state index contributed by atoms with van der Waals surface area (Å²) in [5.74, 6) is 0.920. The van der Waals surface area contributed by atoms with Crippen molar-refractivity contribution in [2.75, 3.05) is 57.3 Å². The molecule has 2 heterocycles. The minimum Gasteiger partial charge on any atom is -0.369 e. The minimum atomic E-state index is 0.865. The maximum atomic E-state index is 4.75. The highest BCUT2D eigenvalue weighted by atomic mass is 32.1. The lowest BCUT2D eigenvalue weighted by molar-refractivity contribution is 0.253. The first kappa shape index (κ1) is 23.5. The van der Waals surface area contributed by atoms with Crippen LogP contribution in [0.15, 0.2) is 35.3 Å². The van der Waals surface area contributed by atoms with Gasteiger partial charge in [0.25, 0.3) is 0 Å². The summed E-state index contributed by atoms with van der Waals surface area (Å²) in [5, 5.41) is 8.00. The first-order valence-electron chi connectivity index (χ1n) is 11.6. The van der Waals surface area contributed by atoms with E-state index in [0.717, 1.165) is 70.3 Å². The summed E-state index contributed by atoms with van der Waals surface area (Å²) in [4.78, 5) is 15.8. The number of hydrogen-bond donors (Lipinski definition) is 2. The third-order valence-electron chi connectivity index (χ3n) is 5.69. The third kappa shape index (κ3) is 7.82. The van der Waals surface area contributed by atoms with Crippen molar-refractivity contribution in [3.63, 3.8) is 0 Å². The van der Waals surface area contributed by atoms with Gasteiger partial charge in [-0.1, -0.05) is 18.2 Å². The van der Waals surface area contributed by atoms with Crippen LogP contribution in [0.4, 0.5) is 5.69 Å². The number of rotatable bonds is 10. The SMILES string of the molecule is CCNC(=NCCCCN1CCN(c2ccccc2)CC1)NCCc1nc(C)c(C)s1.